The number of nitrogens with zero attached hydrogens (tertiary/aromatic N) is 4. The smallest absolute Gasteiger partial charge is 0.226 e. The predicted octanol–water partition coefficient (Wildman–Crippen LogP) is 1.80. The molecule has 0 spiro atoms. The van der Waals surface area contributed by atoms with Crippen LogP contribution in [0.25, 0.3) is 5.70 Å². The van der Waals surface area contributed by atoms with E-state index in [2.05, 4.69) is 20.9 Å². The van der Waals surface area contributed by atoms with Crippen LogP contribution in [0.2, 0.25) is 0 Å². The quantitative estimate of drug-likeness (QED) is 0.713. The summed E-state index contributed by atoms with van der Waals surface area (Å²) in [5, 5.41) is 1.90. The van der Waals surface area contributed by atoms with Crippen LogP contribution in [-0.2, 0) is 22.5 Å². The summed E-state index contributed by atoms with van der Waals surface area (Å²) >= 11 is 0. The highest BCUT2D eigenvalue weighted by Crippen LogP contribution is 2.26. The van der Waals surface area contributed by atoms with E-state index in [0.717, 1.165) is 54.0 Å². The maximum Gasteiger partial charge on any atom is 0.226 e. The van der Waals surface area contributed by atoms with Gasteiger partial charge in [0.15, 0.2) is 0 Å². The Morgan fingerprint density at radius 2 is 2.06 bits per heavy atom. The van der Waals surface area contributed by atoms with Crippen LogP contribution in [0.15, 0.2) is 36.3 Å². The molecule has 2 aromatic rings. The number of carbonyl (C=O) groups excluding carboxylic acids is 1. The first-order valence-electron chi connectivity index (χ1n) is 11.5. The van der Waals surface area contributed by atoms with E-state index in [1.165, 1.54) is 5.56 Å². The van der Waals surface area contributed by atoms with Gasteiger partial charge in [0.2, 0.25) is 11.8 Å². The van der Waals surface area contributed by atoms with Crippen LogP contribution in [0.1, 0.15) is 35.2 Å². The number of rotatable bonds is 5. The monoisotopic (exact) mass is 450 g/mol. The van der Waals surface area contributed by atoms with Crippen LogP contribution in [-0.4, -0.2) is 59.2 Å². The zero-order chi connectivity index (χ0) is 22.8. The number of aromatic nitrogens is 2. The summed E-state index contributed by atoms with van der Waals surface area (Å²) in [5.74, 6) is 0.929. The fraction of sp³-hybridized carbons (Fsp3) is 0.458. The van der Waals surface area contributed by atoms with Crippen molar-refractivity contribution in [2.24, 2.45) is 5.92 Å². The molecule has 3 aliphatic rings. The summed E-state index contributed by atoms with van der Waals surface area (Å²) in [6.07, 6.45) is 6.16. The number of likely N-dealkylation sites (N-methyl/N-ethyl adjacent to an activating group) is 1. The number of aryl methyl sites for hydroxylation is 1. The molecule has 1 fully saturated rings. The predicted molar refractivity (Wildman–Crippen MR) is 122 cm³/mol. The third kappa shape index (κ3) is 4.65. The van der Waals surface area contributed by atoms with E-state index in [4.69, 9.17) is 9.47 Å². The van der Waals surface area contributed by atoms with Gasteiger partial charge in [-0.2, -0.15) is 0 Å². The average Bonchev–Trinajstić information content (AvgIpc) is 3.23. The molecule has 33 heavy (non-hydrogen) atoms. The lowest BCUT2D eigenvalue weighted by atomic mass is 9.96. The van der Waals surface area contributed by atoms with Gasteiger partial charge in [-0.05, 0) is 49.4 Å². The van der Waals surface area contributed by atoms with Gasteiger partial charge in [-0.3, -0.25) is 14.8 Å². The van der Waals surface area contributed by atoms with Crippen molar-refractivity contribution in [3.8, 4) is 5.88 Å². The molecular weight excluding hydrogens is 420 g/mol. The lowest BCUT2D eigenvalue weighted by Crippen LogP contribution is -2.41. The second-order valence-electron chi connectivity index (χ2n) is 8.78. The first kappa shape index (κ1) is 21.7. The van der Waals surface area contributed by atoms with Gasteiger partial charge in [-0.1, -0.05) is 0 Å². The molecule has 0 bridgehead atoms. The van der Waals surface area contributed by atoms with Crippen LogP contribution in [0.3, 0.4) is 0 Å². The average molecular weight is 451 g/mol. The number of hydrogen-bond acceptors (Lipinski definition) is 8. The van der Waals surface area contributed by atoms with Crippen LogP contribution in [0.4, 0.5) is 0 Å². The van der Waals surface area contributed by atoms with Crippen molar-refractivity contribution in [3.63, 3.8) is 0 Å². The van der Waals surface area contributed by atoms with Gasteiger partial charge in [0.25, 0.3) is 0 Å². The molecule has 9 nitrogen and oxygen atoms in total. The van der Waals surface area contributed by atoms with Gasteiger partial charge in [-0.15, -0.1) is 5.53 Å². The summed E-state index contributed by atoms with van der Waals surface area (Å²) in [6, 6.07) is 6.03. The highest BCUT2D eigenvalue weighted by Gasteiger charge is 2.29. The Kier molecular flexibility index (Phi) is 6.15. The Hall–Kier alpha value is -3.17. The summed E-state index contributed by atoms with van der Waals surface area (Å²) in [5.41, 5.74) is 12.4. The molecule has 1 amide bonds. The molecule has 0 radical (unpaired) electrons. The molecule has 9 heteroatoms. The number of nitrogens with one attached hydrogen (secondary N) is 2. The molecule has 5 rings (SSSR count). The molecule has 0 saturated carbocycles. The molecule has 1 saturated heterocycles. The Morgan fingerprint density at radius 3 is 2.85 bits per heavy atom. The number of amides is 1. The normalized spacial score (nSPS) is 18.8. The lowest BCUT2D eigenvalue weighted by Gasteiger charge is -2.33. The number of fused-ring (bicyclic) bond motifs is 1. The number of hydrogen-bond donors (Lipinski definition) is 2. The molecule has 174 valence electrons. The third-order valence-corrected chi connectivity index (χ3v) is 6.55. The molecule has 2 aromatic heterocycles. The third-order valence-electron chi connectivity index (χ3n) is 6.55. The van der Waals surface area contributed by atoms with Gasteiger partial charge < -0.3 is 19.8 Å². The summed E-state index contributed by atoms with van der Waals surface area (Å²) < 4.78 is 11.5. The number of carbonyl (C=O) groups is 1. The fourth-order valence-corrected chi connectivity index (χ4v) is 4.50. The van der Waals surface area contributed by atoms with Gasteiger partial charge in [0.1, 0.15) is 6.61 Å². The van der Waals surface area contributed by atoms with Gasteiger partial charge in [0.05, 0.1) is 11.4 Å². The second-order valence-corrected chi connectivity index (χ2v) is 8.78. The Balaban J connectivity index is 1.25. The summed E-state index contributed by atoms with van der Waals surface area (Å²) in [4.78, 5) is 23.8. The van der Waals surface area contributed by atoms with Crippen molar-refractivity contribution in [2.75, 3.05) is 33.4 Å². The van der Waals surface area contributed by atoms with Crippen molar-refractivity contribution in [1.29, 1.82) is 0 Å². The summed E-state index contributed by atoms with van der Waals surface area (Å²) in [6.45, 7) is 5.05. The number of pyridine rings is 2. The molecule has 0 atom stereocenters. The second kappa shape index (κ2) is 9.36. The van der Waals surface area contributed by atoms with E-state index in [-0.39, 0.29) is 11.8 Å². The fourth-order valence-electron chi connectivity index (χ4n) is 4.50. The lowest BCUT2D eigenvalue weighted by molar-refractivity contribution is -0.139. The van der Waals surface area contributed by atoms with E-state index in [1.807, 2.05) is 54.5 Å². The first-order valence-corrected chi connectivity index (χ1v) is 11.5. The van der Waals surface area contributed by atoms with Crippen LogP contribution in [0.5, 0.6) is 5.88 Å². The van der Waals surface area contributed by atoms with Crippen molar-refractivity contribution >= 4 is 11.6 Å². The standard InChI is InChI=1S/C24H30N6O3/c1-16-3-4-19(12-25-16)23-21(29(2)28-27-23)15-33-22-11-18-5-8-30(14-20(18)13-26-22)24(31)17-6-9-32-10-7-17/h3-4,11-13,17,27-28H,5-10,14-15H2,1-2H3. The molecule has 5 heterocycles. The minimum atomic E-state index is 0.0905. The maximum absolute atomic E-state index is 12.9. The van der Waals surface area contributed by atoms with E-state index in [1.54, 1.807) is 0 Å². The largest absolute Gasteiger partial charge is 0.471 e. The molecule has 3 aliphatic heterocycles. The Labute approximate surface area is 193 Å². The zero-order valence-electron chi connectivity index (χ0n) is 19.1. The van der Waals surface area contributed by atoms with Crippen molar-refractivity contribution < 1.29 is 14.3 Å². The number of ether oxygens (including phenoxy) is 2. The highest BCUT2D eigenvalue weighted by molar-refractivity contribution is 5.79. The van der Waals surface area contributed by atoms with Crippen LogP contribution >= 0.6 is 0 Å². The first-order chi connectivity index (χ1) is 16.1. The van der Waals surface area contributed by atoms with E-state index >= 15 is 0 Å². The van der Waals surface area contributed by atoms with Crippen molar-refractivity contribution in [2.45, 2.75) is 32.7 Å². The number of hydrazine groups is 2. The van der Waals surface area contributed by atoms with Crippen molar-refractivity contribution in [3.05, 3.63) is 58.7 Å². The molecule has 0 aromatic carbocycles. The van der Waals surface area contributed by atoms with Crippen molar-refractivity contribution in [1.82, 2.24) is 30.8 Å². The van der Waals surface area contributed by atoms with Gasteiger partial charge in [-0.25, -0.2) is 4.98 Å². The molecular formula is C24H30N6O3. The Morgan fingerprint density at radius 1 is 1.21 bits per heavy atom. The summed E-state index contributed by atoms with van der Waals surface area (Å²) in [7, 11) is 1.94. The Bertz CT molecular complexity index is 1050. The molecule has 2 N–H and O–H groups in total. The van der Waals surface area contributed by atoms with Crippen LogP contribution < -0.4 is 15.7 Å². The van der Waals surface area contributed by atoms with E-state index in [0.29, 0.717) is 32.2 Å². The maximum atomic E-state index is 12.9. The topological polar surface area (TPSA) is 91.8 Å². The van der Waals surface area contributed by atoms with Crippen LogP contribution in [0, 0.1) is 12.8 Å². The SMILES string of the molecule is Cc1ccc(C2=C(COc3cc4c(cn3)CN(C(=O)C3CCOCC3)CC4)N(C)NN2)cn1. The van der Waals surface area contributed by atoms with Gasteiger partial charge >= 0.3 is 0 Å². The minimum absolute atomic E-state index is 0.0905. The van der Waals surface area contributed by atoms with Gasteiger partial charge in [0, 0.05) is 69.0 Å². The molecule has 0 unspecified atom stereocenters. The highest BCUT2D eigenvalue weighted by atomic mass is 16.5. The minimum Gasteiger partial charge on any atom is -0.471 e. The van der Waals surface area contributed by atoms with E-state index in [9.17, 15) is 4.79 Å². The van der Waals surface area contributed by atoms with E-state index < -0.39 is 0 Å². The zero-order valence-corrected chi connectivity index (χ0v) is 19.1. The molecule has 0 aliphatic carbocycles.